The number of rotatable bonds is 7. The van der Waals surface area contributed by atoms with Crippen molar-refractivity contribution in [2.75, 3.05) is 43.4 Å². The van der Waals surface area contributed by atoms with Crippen LogP contribution in [0.3, 0.4) is 0 Å². The molecule has 3 N–H and O–H groups in total. The third-order valence-corrected chi connectivity index (χ3v) is 9.17. The number of anilines is 3. The first-order valence-corrected chi connectivity index (χ1v) is 14.6. The molecule has 3 aromatic heterocycles. The number of pyridine rings is 1. The average Bonchev–Trinajstić information content (AvgIpc) is 3.74. The number of nitrogens with one attached hydrogen (secondary N) is 1. The molecule has 1 spiro atoms. The molecule has 1 aromatic carbocycles. The molecule has 218 valence electrons. The van der Waals surface area contributed by atoms with Gasteiger partial charge in [0, 0.05) is 54.7 Å². The minimum Gasteiger partial charge on any atom is -0.392 e. The summed E-state index contributed by atoms with van der Waals surface area (Å²) < 4.78 is 3.24. The molecule has 4 aromatic rings. The molecular formula is C31H36N8O3. The second-order valence-corrected chi connectivity index (χ2v) is 11.8. The summed E-state index contributed by atoms with van der Waals surface area (Å²) in [6, 6.07) is 9.77. The third-order valence-electron chi connectivity index (χ3n) is 9.17. The van der Waals surface area contributed by atoms with Gasteiger partial charge in [-0.2, -0.15) is 4.98 Å². The molecule has 1 unspecified atom stereocenters. The van der Waals surface area contributed by atoms with Crippen molar-refractivity contribution in [1.29, 1.82) is 0 Å². The van der Waals surface area contributed by atoms with Crippen LogP contribution in [0.5, 0.6) is 0 Å². The highest BCUT2D eigenvalue weighted by Gasteiger charge is 2.52. The number of hydrogen-bond acceptors (Lipinski definition) is 9. The summed E-state index contributed by atoms with van der Waals surface area (Å²) in [7, 11) is 2.12. The van der Waals surface area contributed by atoms with Gasteiger partial charge >= 0.3 is 0 Å². The number of nitrogens with zero attached hydrogens (tertiary/aromatic N) is 7. The van der Waals surface area contributed by atoms with Crippen molar-refractivity contribution in [3.63, 3.8) is 0 Å². The molecule has 3 aliphatic rings. The Morgan fingerprint density at radius 1 is 1.12 bits per heavy atom. The number of aliphatic hydroxyl groups excluding tert-OH is 2. The normalized spacial score (nSPS) is 19.7. The van der Waals surface area contributed by atoms with Gasteiger partial charge in [-0.05, 0) is 62.6 Å². The molecule has 11 nitrogen and oxygen atoms in total. The molecule has 2 aliphatic carbocycles. The lowest BCUT2D eigenvalue weighted by atomic mass is 9.82. The fourth-order valence-corrected chi connectivity index (χ4v) is 6.44. The van der Waals surface area contributed by atoms with E-state index in [1.165, 1.54) is 6.20 Å². The fraction of sp³-hybridized carbons (Fsp3) is 0.419. The van der Waals surface area contributed by atoms with Crippen LogP contribution in [0.4, 0.5) is 17.3 Å². The number of piperazine rings is 1. The highest BCUT2D eigenvalue weighted by molar-refractivity contribution is 5.77. The van der Waals surface area contributed by atoms with Gasteiger partial charge in [0.1, 0.15) is 11.5 Å². The van der Waals surface area contributed by atoms with E-state index in [2.05, 4.69) is 33.7 Å². The maximum absolute atomic E-state index is 13.4. The van der Waals surface area contributed by atoms with Crippen LogP contribution in [-0.4, -0.2) is 72.7 Å². The van der Waals surface area contributed by atoms with Gasteiger partial charge < -0.3 is 25.3 Å². The van der Waals surface area contributed by atoms with Crippen LogP contribution in [0.15, 0.2) is 54.0 Å². The zero-order chi connectivity index (χ0) is 29.0. The smallest absolute Gasteiger partial charge is 0.278 e. The SMILES string of the molecule is C=CCn1c(=O)c2cnc(Nc3ccc(N4CCN(C)CC4)c(CO)c3)nc2n1-c1ccc2c(n1)C(O)C1(CC2)CC1. The standard InChI is InChI=1S/C31H36N8O3/c1-3-12-38-29(42)23-18-32-30(33-22-5-6-24(21(17-22)19-40)37-15-13-36(2)14-16-37)35-28(23)39(38)25-7-4-20-8-9-31(10-11-31)27(41)26(20)34-25/h3-7,17-18,27,40-41H,1,8-16,19H2,2H3,(H,32,33,35). The van der Waals surface area contributed by atoms with Gasteiger partial charge in [0.2, 0.25) is 5.95 Å². The number of hydrogen-bond donors (Lipinski definition) is 3. The van der Waals surface area contributed by atoms with E-state index < -0.39 is 6.10 Å². The zero-order valence-electron chi connectivity index (χ0n) is 23.8. The van der Waals surface area contributed by atoms with E-state index in [9.17, 15) is 15.0 Å². The molecule has 2 fully saturated rings. The van der Waals surface area contributed by atoms with Gasteiger partial charge in [-0.1, -0.05) is 12.1 Å². The van der Waals surface area contributed by atoms with Crippen LogP contribution in [0.1, 0.15) is 42.2 Å². The summed E-state index contributed by atoms with van der Waals surface area (Å²) in [6.07, 6.45) is 6.49. The fourth-order valence-electron chi connectivity index (χ4n) is 6.44. The first kappa shape index (κ1) is 26.8. The second kappa shape index (κ2) is 10.3. The van der Waals surface area contributed by atoms with Gasteiger partial charge in [0.25, 0.3) is 5.56 Å². The molecule has 0 radical (unpaired) electrons. The molecule has 1 saturated carbocycles. The molecule has 1 aliphatic heterocycles. The number of aryl methyl sites for hydroxylation is 1. The topological polar surface area (TPSA) is 125 Å². The van der Waals surface area contributed by atoms with Crippen LogP contribution in [0.2, 0.25) is 0 Å². The van der Waals surface area contributed by atoms with Crippen LogP contribution in [0.25, 0.3) is 16.9 Å². The maximum atomic E-state index is 13.4. The third kappa shape index (κ3) is 4.48. The van der Waals surface area contributed by atoms with Crippen molar-refractivity contribution in [1.82, 2.24) is 29.2 Å². The number of likely N-dealkylation sites (N-methyl/N-ethyl adjacent to an activating group) is 1. The summed E-state index contributed by atoms with van der Waals surface area (Å²) in [5, 5.41) is 24.9. The van der Waals surface area contributed by atoms with E-state index >= 15 is 0 Å². The van der Waals surface area contributed by atoms with Crippen molar-refractivity contribution in [2.24, 2.45) is 5.41 Å². The number of aromatic nitrogens is 5. The Kier molecular flexibility index (Phi) is 6.60. The van der Waals surface area contributed by atoms with E-state index in [1.54, 1.807) is 15.4 Å². The van der Waals surface area contributed by atoms with Gasteiger partial charge in [0.05, 0.1) is 18.8 Å². The first-order chi connectivity index (χ1) is 20.4. The summed E-state index contributed by atoms with van der Waals surface area (Å²) in [5.41, 5.74) is 4.45. The largest absolute Gasteiger partial charge is 0.392 e. The Hall–Kier alpha value is -4.06. The zero-order valence-corrected chi connectivity index (χ0v) is 23.8. The highest BCUT2D eigenvalue weighted by atomic mass is 16.3. The van der Waals surface area contributed by atoms with E-state index in [4.69, 9.17) is 9.97 Å². The Bertz CT molecular complexity index is 1730. The van der Waals surface area contributed by atoms with Crippen molar-refractivity contribution in [2.45, 2.75) is 44.9 Å². The monoisotopic (exact) mass is 568 g/mol. The van der Waals surface area contributed by atoms with Crippen molar-refractivity contribution in [3.8, 4) is 5.82 Å². The molecule has 7 rings (SSSR count). The first-order valence-electron chi connectivity index (χ1n) is 14.6. The minimum absolute atomic E-state index is 0.0509. The summed E-state index contributed by atoms with van der Waals surface area (Å²) >= 11 is 0. The molecule has 11 heteroatoms. The molecule has 4 heterocycles. The van der Waals surface area contributed by atoms with E-state index in [-0.39, 0.29) is 24.1 Å². The van der Waals surface area contributed by atoms with Gasteiger partial charge in [0.15, 0.2) is 11.5 Å². The van der Waals surface area contributed by atoms with Crippen LogP contribution >= 0.6 is 0 Å². The van der Waals surface area contributed by atoms with Crippen molar-refractivity contribution in [3.05, 3.63) is 76.4 Å². The van der Waals surface area contributed by atoms with E-state index in [1.807, 2.05) is 30.3 Å². The predicted molar refractivity (Wildman–Crippen MR) is 161 cm³/mol. The average molecular weight is 569 g/mol. The minimum atomic E-state index is -0.607. The number of allylic oxidation sites excluding steroid dienone is 1. The molecule has 1 saturated heterocycles. The molecule has 42 heavy (non-hydrogen) atoms. The van der Waals surface area contributed by atoms with Crippen LogP contribution in [-0.2, 0) is 19.6 Å². The Morgan fingerprint density at radius 2 is 1.93 bits per heavy atom. The lowest BCUT2D eigenvalue weighted by molar-refractivity contribution is 0.0734. The summed E-state index contributed by atoms with van der Waals surface area (Å²) in [5.74, 6) is 0.835. The van der Waals surface area contributed by atoms with E-state index in [0.29, 0.717) is 28.5 Å². The molecule has 0 bridgehead atoms. The molecular weight excluding hydrogens is 532 g/mol. The lowest BCUT2D eigenvalue weighted by Gasteiger charge is -2.35. The van der Waals surface area contributed by atoms with E-state index in [0.717, 1.165) is 74.4 Å². The highest BCUT2D eigenvalue weighted by Crippen LogP contribution is 2.60. The Balaban J connectivity index is 1.26. The lowest BCUT2D eigenvalue weighted by Crippen LogP contribution is -2.44. The summed E-state index contributed by atoms with van der Waals surface area (Å²) in [6.45, 7) is 7.78. The van der Waals surface area contributed by atoms with Crippen LogP contribution < -0.4 is 15.8 Å². The van der Waals surface area contributed by atoms with Gasteiger partial charge in [-0.25, -0.2) is 19.3 Å². The summed E-state index contributed by atoms with van der Waals surface area (Å²) in [4.78, 5) is 32.1. The Morgan fingerprint density at radius 3 is 2.67 bits per heavy atom. The quantitative estimate of drug-likeness (QED) is 0.289. The Labute approximate surface area is 243 Å². The van der Waals surface area contributed by atoms with Crippen molar-refractivity contribution >= 4 is 28.4 Å². The second-order valence-electron chi connectivity index (χ2n) is 11.8. The predicted octanol–water partition coefficient (Wildman–Crippen LogP) is 2.91. The number of aliphatic hydroxyl groups is 2. The maximum Gasteiger partial charge on any atom is 0.278 e. The van der Waals surface area contributed by atoms with Crippen molar-refractivity contribution < 1.29 is 10.2 Å². The molecule has 0 amide bonds. The number of fused-ring (bicyclic) bond motifs is 2. The van der Waals surface area contributed by atoms with Gasteiger partial charge in [-0.15, -0.1) is 6.58 Å². The van der Waals surface area contributed by atoms with Crippen LogP contribution in [0, 0.1) is 5.41 Å². The number of benzene rings is 1. The van der Waals surface area contributed by atoms with Gasteiger partial charge in [-0.3, -0.25) is 4.79 Å². The molecule has 1 atom stereocenters.